The molecular weight excluding hydrogens is 297 g/mol. The Hall–Kier alpha value is -1.55. The minimum atomic E-state index is -3.51. The lowest BCUT2D eigenvalue weighted by atomic mass is 10.0. The van der Waals surface area contributed by atoms with Crippen LogP contribution >= 0.6 is 7.60 Å². The zero-order chi connectivity index (χ0) is 15.5. The van der Waals surface area contributed by atoms with Crippen molar-refractivity contribution < 1.29 is 22.4 Å². The van der Waals surface area contributed by atoms with E-state index in [4.69, 9.17) is 9.05 Å². The van der Waals surface area contributed by atoms with Crippen LogP contribution in [0.1, 0.15) is 16.8 Å². The van der Waals surface area contributed by atoms with Crippen LogP contribution in [0.5, 0.6) is 0 Å². The van der Waals surface area contributed by atoms with E-state index >= 15 is 0 Å². The summed E-state index contributed by atoms with van der Waals surface area (Å²) < 4.78 is 49.1. The van der Waals surface area contributed by atoms with Crippen molar-refractivity contribution in [2.45, 2.75) is 5.66 Å². The van der Waals surface area contributed by atoms with Crippen molar-refractivity contribution in [3.05, 3.63) is 71.3 Å². The van der Waals surface area contributed by atoms with Crippen molar-refractivity contribution in [3.8, 4) is 0 Å². The number of rotatable bonds is 5. The molecule has 0 aliphatic rings. The van der Waals surface area contributed by atoms with Gasteiger partial charge in [0, 0.05) is 14.2 Å². The van der Waals surface area contributed by atoms with Gasteiger partial charge < -0.3 is 9.05 Å². The van der Waals surface area contributed by atoms with Crippen LogP contribution in [0.15, 0.2) is 48.5 Å². The summed E-state index contributed by atoms with van der Waals surface area (Å²) >= 11 is 0. The van der Waals surface area contributed by atoms with Gasteiger partial charge in [0.15, 0.2) is 0 Å². The molecule has 0 spiro atoms. The van der Waals surface area contributed by atoms with Crippen LogP contribution in [-0.2, 0) is 13.6 Å². The van der Waals surface area contributed by atoms with Crippen LogP contribution in [0.25, 0.3) is 0 Å². The average molecular weight is 312 g/mol. The first-order valence-corrected chi connectivity index (χ1v) is 7.83. The van der Waals surface area contributed by atoms with E-state index in [2.05, 4.69) is 0 Å². The molecule has 2 aromatic rings. The molecule has 0 unspecified atom stereocenters. The summed E-state index contributed by atoms with van der Waals surface area (Å²) in [6.07, 6.45) is 0. The second-order valence-electron chi connectivity index (χ2n) is 4.41. The SMILES string of the molecule is COP(=O)(OC)C(c1ccc(F)cc1)c1ccc(F)cc1. The molecular formula is C15H15F2O3P. The summed E-state index contributed by atoms with van der Waals surface area (Å²) in [5, 5.41) is 0. The highest BCUT2D eigenvalue weighted by Crippen LogP contribution is 2.62. The molecule has 21 heavy (non-hydrogen) atoms. The van der Waals surface area contributed by atoms with Crippen molar-refractivity contribution in [2.24, 2.45) is 0 Å². The molecule has 3 nitrogen and oxygen atoms in total. The smallest absolute Gasteiger partial charge is 0.311 e. The van der Waals surface area contributed by atoms with Crippen LogP contribution in [-0.4, -0.2) is 14.2 Å². The molecule has 0 saturated carbocycles. The molecule has 2 rings (SSSR count). The molecule has 0 aliphatic heterocycles. The molecule has 0 N–H and O–H groups in total. The minimum Gasteiger partial charge on any atom is -0.311 e. The zero-order valence-corrected chi connectivity index (χ0v) is 12.5. The Bertz CT molecular complexity index is 587. The molecule has 0 heterocycles. The summed E-state index contributed by atoms with van der Waals surface area (Å²) in [4.78, 5) is 0. The van der Waals surface area contributed by atoms with E-state index in [1.165, 1.54) is 62.8 Å². The van der Waals surface area contributed by atoms with Crippen molar-refractivity contribution in [1.82, 2.24) is 0 Å². The second-order valence-corrected chi connectivity index (χ2v) is 6.74. The Balaban J connectivity index is 2.56. The van der Waals surface area contributed by atoms with E-state index in [0.29, 0.717) is 11.1 Å². The Morgan fingerprint density at radius 1 is 0.810 bits per heavy atom. The topological polar surface area (TPSA) is 35.5 Å². The molecule has 0 bridgehead atoms. The molecule has 6 heteroatoms. The van der Waals surface area contributed by atoms with E-state index in [-0.39, 0.29) is 0 Å². The van der Waals surface area contributed by atoms with Crippen LogP contribution < -0.4 is 0 Å². The van der Waals surface area contributed by atoms with Gasteiger partial charge in [-0.05, 0) is 35.4 Å². The standard InChI is InChI=1S/C15H15F2O3P/c1-19-21(18,20-2)15(11-3-7-13(16)8-4-11)12-5-9-14(17)10-6-12/h3-10,15H,1-2H3. The van der Waals surface area contributed by atoms with Gasteiger partial charge in [-0.25, -0.2) is 8.78 Å². The fraction of sp³-hybridized carbons (Fsp3) is 0.200. The maximum Gasteiger partial charge on any atom is 0.341 e. The molecule has 112 valence electrons. The summed E-state index contributed by atoms with van der Waals surface area (Å²) in [6.45, 7) is 0. The summed E-state index contributed by atoms with van der Waals surface area (Å²) in [5.74, 6) is -0.803. The number of hydrogen-bond acceptors (Lipinski definition) is 3. The third-order valence-corrected chi connectivity index (χ3v) is 5.44. The fourth-order valence-corrected chi connectivity index (χ4v) is 3.78. The van der Waals surface area contributed by atoms with Gasteiger partial charge in [0.2, 0.25) is 0 Å². The highest BCUT2D eigenvalue weighted by Gasteiger charge is 2.36. The number of halogens is 2. The lowest BCUT2D eigenvalue weighted by molar-refractivity contribution is 0.269. The van der Waals surface area contributed by atoms with Crippen LogP contribution in [0.4, 0.5) is 8.78 Å². The molecule has 0 fully saturated rings. The van der Waals surface area contributed by atoms with Gasteiger partial charge in [-0.1, -0.05) is 24.3 Å². The van der Waals surface area contributed by atoms with Crippen LogP contribution in [0, 0.1) is 11.6 Å². The van der Waals surface area contributed by atoms with Crippen molar-refractivity contribution in [2.75, 3.05) is 14.2 Å². The van der Waals surface area contributed by atoms with E-state index < -0.39 is 24.9 Å². The van der Waals surface area contributed by atoms with Gasteiger partial charge in [-0.3, -0.25) is 4.57 Å². The molecule has 0 aliphatic carbocycles. The van der Waals surface area contributed by atoms with E-state index in [0.717, 1.165) is 0 Å². The first-order chi connectivity index (χ1) is 10.00. The number of benzene rings is 2. The van der Waals surface area contributed by atoms with E-state index in [9.17, 15) is 13.3 Å². The quantitative estimate of drug-likeness (QED) is 0.760. The largest absolute Gasteiger partial charge is 0.341 e. The monoisotopic (exact) mass is 312 g/mol. The Kier molecular flexibility index (Phi) is 4.88. The van der Waals surface area contributed by atoms with Gasteiger partial charge >= 0.3 is 7.60 Å². The maximum absolute atomic E-state index is 13.1. The van der Waals surface area contributed by atoms with Crippen LogP contribution in [0.2, 0.25) is 0 Å². The van der Waals surface area contributed by atoms with E-state index in [1.807, 2.05) is 0 Å². The molecule has 0 amide bonds. The summed E-state index contributed by atoms with van der Waals surface area (Å²) in [7, 11) is -0.946. The highest BCUT2D eigenvalue weighted by atomic mass is 31.2. The van der Waals surface area contributed by atoms with E-state index in [1.54, 1.807) is 0 Å². The third-order valence-electron chi connectivity index (χ3n) is 3.20. The Labute approximate surface area is 122 Å². The molecule has 0 saturated heterocycles. The van der Waals surface area contributed by atoms with Gasteiger partial charge in [-0.2, -0.15) is 0 Å². The van der Waals surface area contributed by atoms with Crippen molar-refractivity contribution >= 4 is 7.60 Å². The normalized spacial score (nSPS) is 11.9. The van der Waals surface area contributed by atoms with Crippen molar-refractivity contribution in [1.29, 1.82) is 0 Å². The Morgan fingerprint density at radius 3 is 1.43 bits per heavy atom. The Morgan fingerprint density at radius 2 is 1.14 bits per heavy atom. The first kappa shape index (κ1) is 15.8. The molecule has 2 aromatic carbocycles. The fourth-order valence-electron chi connectivity index (χ4n) is 2.13. The van der Waals surface area contributed by atoms with Gasteiger partial charge in [0.25, 0.3) is 0 Å². The van der Waals surface area contributed by atoms with Gasteiger partial charge in [-0.15, -0.1) is 0 Å². The summed E-state index contributed by atoms with van der Waals surface area (Å²) in [6, 6.07) is 11.1. The first-order valence-electron chi connectivity index (χ1n) is 6.22. The lowest BCUT2D eigenvalue weighted by Crippen LogP contribution is -2.06. The predicted octanol–water partition coefficient (Wildman–Crippen LogP) is 4.54. The van der Waals surface area contributed by atoms with Crippen molar-refractivity contribution in [3.63, 3.8) is 0 Å². The van der Waals surface area contributed by atoms with Crippen LogP contribution in [0.3, 0.4) is 0 Å². The molecule has 0 atom stereocenters. The predicted molar refractivity (Wildman–Crippen MR) is 76.3 cm³/mol. The van der Waals surface area contributed by atoms with Gasteiger partial charge in [0.05, 0.1) is 0 Å². The number of hydrogen-bond donors (Lipinski definition) is 0. The minimum absolute atomic E-state index is 0.402. The highest BCUT2D eigenvalue weighted by molar-refractivity contribution is 7.54. The van der Waals surface area contributed by atoms with Gasteiger partial charge in [0.1, 0.15) is 17.3 Å². The zero-order valence-electron chi connectivity index (χ0n) is 11.6. The molecule has 0 aromatic heterocycles. The second kappa shape index (κ2) is 6.48. The average Bonchev–Trinajstić information content (AvgIpc) is 2.51. The maximum atomic E-state index is 13.1. The summed E-state index contributed by atoms with van der Waals surface area (Å²) in [5.41, 5.74) is 0.374. The lowest BCUT2D eigenvalue weighted by Gasteiger charge is -2.25. The molecule has 0 radical (unpaired) electrons. The third kappa shape index (κ3) is 3.38.